The maximum Gasteiger partial charge on any atom is 0.128 e. The number of benzene rings is 1. The zero-order valence-corrected chi connectivity index (χ0v) is 12.2. The van der Waals surface area contributed by atoms with Gasteiger partial charge in [-0.25, -0.2) is 4.39 Å². The highest BCUT2D eigenvalue weighted by Crippen LogP contribution is 2.26. The Morgan fingerprint density at radius 2 is 2.00 bits per heavy atom. The third kappa shape index (κ3) is 4.95. The summed E-state index contributed by atoms with van der Waals surface area (Å²) in [6.07, 6.45) is 3.22. The normalized spacial score (nSPS) is 13.0. The monoisotopic (exact) mass is 271 g/mol. The highest BCUT2D eigenvalue weighted by atomic mass is 35.5. The van der Waals surface area contributed by atoms with Gasteiger partial charge in [-0.1, -0.05) is 45.2 Å². The first-order valence-electron chi connectivity index (χ1n) is 6.73. The molecule has 3 heteroatoms. The van der Waals surface area contributed by atoms with Crippen LogP contribution in [-0.4, -0.2) is 6.54 Å². The van der Waals surface area contributed by atoms with Crippen molar-refractivity contribution in [1.29, 1.82) is 0 Å². The van der Waals surface area contributed by atoms with Crippen LogP contribution in [0.3, 0.4) is 0 Å². The fraction of sp³-hybridized carbons (Fsp3) is 0.600. The second-order valence-electron chi connectivity index (χ2n) is 5.10. The van der Waals surface area contributed by atoms with E-state index in [1.54, 1.807) is 12.1 Å². The van der Waals surface area contributed by atoms with Gasteiger partial charge in [-0.05, 0) is 37.1 Å². The highest BCUT2D eigenvalue weighted by molar-refractivity contribution is 6.30. The van der Waals surface area contributed by atoms with E-state index in [0.717, 1.165) is 19.4 Å². The molecule has 1 N–H and O–H groups in total. The molecule has 18 heavy (non-hydrogen) atoms. The van der Waals surface area contributed by atoms with Gasteiger partial charge >= 0.3 is 0 Å². The van der Waals surface area contributed by atoms with Crippen LogP contribution in [0.5, 0.6) is 0 Å². The summed E-state index contributed by atoms with van der Waals surface area (Å²) in [6, 6.07) is 4.84. The number of nitrogens with one attached hydrogen (secondary N) is 1. The molecule has 0 saturated heterocycles. The number of rotatable bonds is 7. The Kier molecular flexibility index (Phi) is 6.66. The van der Waals surface area contributed by atoms with Gasteiger partial charge in [0, 0.05) is 16.6 Å². The van der Waals surface area contributed by atoms with E-state index in [9.17, 15) is 4.39 Å². The van der Waals surface area contributed by atoms with Crippen molar-refractivity contribution < 1.29 is 4.39 Å². The third-order valence-electron chi connectivity index (χ3n) is 3.06. The molecule has 0 heterocycles. The largest absolute Gasteiger partial charge is 0.310 e. The van der Waals surface area contributed by atoms with E-state index in [-0.39, 0.29) is 11.9 Å². The summed E-state index contributed by atoms with van der Waals surface area (Å²) < 4.78 is 13.8. The van der Waals surface area contributed by atoms with Gasteiger partial charge in [0.15, 0.2) is 0 Å². The van der Waals surface area contributed by atoms with Gasteiger partial charge in [-0.2, -0.15) is 0 Å². The van der Waals surface area contributed by atoms with Crippen LogP contribution in [0.4, 0.5) is 4.39 Å². The van der Waals surface area contributed by atoms with Gasteiger partial charge < -0.3 is 5.32 Å². The van der Waals surface area contributed by atoms with Crippen LogP contribution in [0.25, 0.3) is 0 Å². The molecule has 0 aliphatic rings. The molecule has 0 aromatic heterocycles. The predicted octanol–water partition coefficient (Wildman–Crippen LogP) is 4.96. The number of hydrogen-bond acceptors (Lipinski definition) is 1. The Morgan fingerprint density at radius 3 is 2.61 bits per heavy atom. The fourth-order valence-electron chi connectivity index (χ4n) is 2.13. The molecule has 102 valence electrons. The van der Waals surface area contributed by atoms with Crippen LogP contribution in [-0.2, 0) is 0 Å². The molecule has 1 aromatic carbocycles. The van der Waals surface area contributed by atoms with Gasteiger partial charge in [-0.15, -0.1) is 0 Å². The first-order chi connectivity index (χ1) is 8.54. The minimum atomic E-state index is -0.171. The molecule has 1 rings (SSSR count). The molecule has 0 amide bonds. The van der Waals surface area contributed by atoms with Crippen molar-refractivity contribution in [3.8, 4) is 0 Å². The van der Waals surface area contributed by atoms with Crippen molar-refractivity contribution >= 4 is 11.6 Å². The van der Waals surface area contributed by atoms with E-state index in [1.165, 1.54) is 12.5 Å². The highest BCUT2D eigenvalue weighted by Gasteiger charge is 2.15. The zero-order chi connectivity index (χ0) is 13.5. The lowest BCUT2D eigenvalue weighted by atomic mass is 9.97. The molecule has 0 aliphatic carbocycles. The van der Waals surface area contributed by atoms with Crippen molar-refractivity contribution in [2.75, 3.05) is 6.54 Å². The van der Waals surface area contributed by atoms with E-state index in [1.807, 2.05) is 6.92 Å². The molecular weight excluding hydrogens is 249 g/mol. The van der Waals surface area contributed by atoms with E-state index >= 15 is 0 Å². The predicted molar refractivity (Wildman–Crippen MR) is 76.5 cm³/mol. The summed E-state index contributed by atoms with van der Waals surface area (Å²) in [6.45, 7) is 7.29. The Hall–Kier alpha value is -0.600. The van der Waals surface area contributed by atoms with E-state index in [2.05, 4.69) is 19.2 Å². The molecule has 0 aliphatic heterocycles. The Labute approximate surface area is 115 Å². The molecule has 0 fully saturated rings. The molecule has 1 nitrogen and oxygen atoms in total. The van der Waals surface area contributed by atoms with Crippen molar-refractivity contribution in [3.63, 3.8) is 0 Å². The molecule has 0 saturated carbocycles. The Morgan fingerprint density at radius 1 is 1.28 bits per heavy atom. The molecule has 1 aromatic rings. The average Bonchev–Trinajstić information content (AvgIpc) is 2.31. The molecule has 0 bridgehead atoms. The number of halogens is 2. The summed E-state index contributed by atoms with van der Waals surface area (Å²) in [5, 5.41) is 3.94. The van der Waals surface area contributed by atoms with Crippen LogP contribution >= 0.6 is 11.6 Å². The quantitative estimate of drug-likeness (QED) is 0.739. The summed E-state index contributed by atoms with van der Waals surface area (Å²) in [7, 11) is 0. The van der Waals surface area contributed by atoms with Crippen LogP contribution in [0, 0.1) is 11.7 Å². The van der Waals surface area contributed by atoms with Crippen LogP contribution < -0.4 is 5.32 Å². The lowest BCUT2D eigenvalue weighted by Gasteiger charge is -2.19. The van der Waals surface area contributed by atoms with Gasteiger partial charge in [0.05, 0.1) is 0 Å². The first-order valence-corrected chi connectivity index (χ1v) is 7.10. The van der Waals surface area contributed by atoms with Crippen molar-refractivity contribution in [1.82, 2.24) is 5.32 Å². The minimum Gasteiger partial charge on any atom is -0.310 e. The van der Waals surface area contributed by atoms with Crippen molar-refractivity contribution in [2.45, 2.75) is 46.1 Å². The smallest absolute Gasteiger partial charge is 0.128 e. The maximum absolute atomic E-state index is 13.8. The first kappa shape index (κ1) is 15.5. The van der Waals surface area contributed by atoms with E-state index < -0.39 is 0 Å². The Bertz CT molecular complexity index is 366. The second kappa shape index (κ2) is 7.75. The van der Waals surface area contributed by atoms with E-state index in [4.69, 9.17) is 11.6 Å². The van der Waals surface area contributed by atoms with Crippen LogP contribution in [0.2, 0.25) is 5.02 Å². The van der Waals surface area contributed by atoms with Crippen molar-refractivity contribution in [2.24, 2.45) is 5.92 Å². The number of hydrogen-bond donors (Lipinski definition) is 1. The molecule has 1 atom stereocenters. The average molecular weight is 272 g/mol. The van der Waals surface area contributed by atoms with Gasteiger partial charge in [0.1, 0.15) is 5.82 Å². The summed E-state index contributed by atoms with van der Waals surface area (Å²) in [5.74, 6) is 0.520. The third-order valence-corrected chi connectivity index (χ3v) is 3.29. The van der Waals surface area contributed by atoms with Gasteiger partial charge in [0.2, 0.25) is 0 Å². The van der Waals surface area contributed by atoms with Gasteiger partial charge in [0.25, 0.3) is 0 Å². The molecule has 0 radical (unpaired) electrons. The summed E-state index contributed by atoms with van der Waals surface area (Å²) in [4.78, 5) is 0. The van der Waals surface area contributed by atoms with Crippen molar-refractivity contribution in [3.05, 3.63) is 34.6 Å². The fourth-order valence-corrected chi connectivity index (χ4v) is 2.31. The van der Waals surface area contributed by atoms with Crippen LogP contribution in [0.15, 0.2) is 18.2 Å². The maximum atomic E-state index is 13.8. The standard InChI is InChI=1S/C15H23ClFN/c1-4-18-15(7-5-6-11(2)3)13-10-12(16)8-9-14(13)17/h8-11,15,18H,4-7H2,1-3H3. The lowest BCUT2D eigenvalue weighted by Crippen LogP contribution is -2.22. The van der Waals surface area contributed by atoms with E-state index in [0.29, 0.717) is 16.5 Å². The minimum absolute atomic E-state index is 0.0625. The zero-order valence-electron chi connectivity index (χ0n) is 11.5. The summed E-state index contributed by atoms with van der Waals surface area (Å²) >= 11 is 5.95. The molecule has 1 unspecified atom stereocenters. The SMILES string of the molecule is CCNC(CCCC(C)C)c1cc(Cl)ccc1F. The molecule has 0 spiro atoms. The topological polar surface area (TPSA) is 12.0 Å². The lowest BCUT2D eigenvalue weighted by molar-refractivity contribution is 0.441. The Balaban J connectivity index is 2.73. The van der Waals surface area contributed by atoms with Crippen LogP contribution in [0.1, 0.15) is 51.6 Å². The second-order valence-corrected chi connectivity index (χ2v) is 5.54. The summed E-state index contributed by atoms with van der Waals surface area (Å²) in [5.41, 5.74) is 0.688. The van der Waals surface area contributed by atoms with Gasteiger partial charge in [-0.3, -0.25) is 0 Å². The molecular formula is C15H23ClFN.